The maximum atomic E-state index is 12.9. The first-order valence-electron chi connectivity index (χ1n) is 33.4. The van der Waals surface area contributed by atoms with E-state index in [2.05, 4.69) is 93.7 Å². The van der Waals surface area contributed by atoms with Gasteiger partial charge in [-0.3, -0.25) is 14.4 Å². The molecule has 6 heteroatoms. The van der Waals surface area contributed by atoms with Crippen LogP contribution in [0.5, 0.6) is 0 Å². The lowest BCUT2D eigenvalue weighted by Gasteiger charge is -2.18. The van der Waals surface area contributed by atoms with Crippen molar-refractivity contribution in [1.82, 2.24) is 0 Å². The van der Waals surface area contributed by atoms with Crippen molar-refractivity contribution in [1.29, 1.82) is 0 Å². The van der Waals surface area contributed by atoms with E-state index in [1.807, 2.05) is 0 Å². The summed E-state index contributed by atoms with van der Waals surface area (Å²) in [6.45, 7) is 6.53. The van der Waals surface area contributed by atoms with E-state index in [9.17, 15) is 14.4 Å². The van der Waals surface area contributed by atoms with Crippen LogP contribution in [0.15, 0.2) is 72.9 Å². The molecule has 0 aliphatic heterocycles. The van der Waals surface area contributed by atoms with Crippen LogP contribution in [-0.2, 0) is 28.6 Å². The zero-order valence-electron chi connectivity index (χ0n) is 51.2. The lowest BCUT2D eigenvalue weighted by atomic mass is 10.0. The van der Waals surface area contributed by atoms with E-state index < -0.39 is 6.10 Å². The lowest BCUT2D eigenvalue weighted by Crippen LogP contribution is -2.30. The first-order valence-corrected chi connectivity index (χ1v) is 33.4. The largest absolute Gasteiger partial charge is 0.462 e. The predicted octanol–water partition coefficient (Wildman–Crippen LogP) is 22.9. The van der Waals surface area contributed by atoms with Gasteiger partial charge in [-0.1, -0.05) is 286 Å². The lowest BCUT2D eigenvalue weighted by molar-refractivity contribution is -0.167. The van der Waals surface area contributed by atoms with Crippen LogP contribution in [0.4, 0.5) is 0 Å². The highest BCUT2D eigenvalue weighted by Gasteiger charge is 2.19. The third kappa shape index (κ3) is 63.6. The average molecular weight is 1080 g/mol. The molecule has 1 unspecified atom stereocenters. The second kappa shape index (κ2) is 65.4. The highest BCUT2D eigenvalue weighted by Crippen LogP contribution is 2.17. The molecule has 0 saturated carbocycles. The van der Waals surface area contributed by atoms with Gasteiger partial charge in [-0.15, -0.1) is 0 Å². The Labute approximate surface area is 478 Å². The van der Waals surface area contributed by atoms with Crippen LogP contribution in [0, 0.1) is 0 Å². The molecule has 6 nitrogen and oxygen atoms in total. The molecule has 0 heterocycles. The maximum Gasteiger partial charge on any atom is 0.306 e. The molecule has 1 atom stereocenters. The number of ether oxygens (including phenoxy) is 3. The van der Waals surface area contributed by atoms with Gasteiger partial charge in [-0.25, -0.2) is 0 Å². The molecule has 0 aliphatic carbocycles. The third-order valence-corrected chi connectivity index (χ3v) is 14.7. The van der Waals surface area contributed by atoms with E-state index in [1.54, 1.807) is 0 Å². The van der Waals surface area contributed by atoms with Gasteiger partial charge in [0.25, 0.3) is 0 Å². The summed E-state index contributed by atoms with van der Waals surface area (Å²) in [6, 6.07) is 0. The van der Waals surface area contributed by atoms with Crippen LogP contribution >= 0.6 is 0 Å². The van der Waals surface area contributed by atoms with Gasteiger partial charge in [0.1, 0.15) is 13.2 Å². The summed E-state index contributed by atoms with van der Waals surface area (Å²) < 4.78 is 17.0. The Kier molecular flexibility index (Phi) is 62.7. The fourth-order valence-corrected chi connectivity index (χ4v) is 9.66. The van der Waals surface area contributed by atoms with E-state index >= 15 is 0 Å². The fourth-order valence-electron chi connectivity index (χ4n) is 9.66. The molecule has 0 saturated heterocycles. The average Bonchev–Trinajstić information content (AvgIpc) is 3.43. The standard InChI is InChI=1S/C71H126O6/c1-4-7-10-13-16-19-22-25-28-31-32-33-34-35-36-37-38-41-43-46-49-52-55-58-61-64-70(73)76-67-68(77-71(74)65-62-59-56-53-50-47-44-40-30-27-24-21-18-15-12-9-6-3)66-75-69(72)63-60-57-54-51-48-45-42-39-29-26-23-20-17-14-11-8-5-2/h9,12,17-18,20-21,26-27,29-32,68H,4-8,10-11,13-16,19,22-25,28,33-67H2,1-3H3/b12-9-,20-17-,21-18-,29-26-,30-27-,32-31-. The molecule has 0 aromatic rings. The van der Waals surface area contributed by atoms with Crippen molar-refractivity contribution in [3.05, 3.63) is 72.9 Å². The Bertz CT molecular complexity index is 1420. The monoisotopic (exact) mass is 1070 g/mol. The maximum absolute atomic E-state index is 12.9. The molecule has 0 fully saturated rings. The number of unbranched alkanes of at least 4 members (excludes halogenated alkanes) is 38. The molecule has 0 rings (SSSR count). The fraction of sp³-hybridized carbons (Fsp3) is 0.789. The number of carbonyl (C=O) groups excluding carboxylic acids is 3. The Morgan fingerprint density at radius 2 is 0.506 bits per heavy atom. The van der Waals surface area contributed by atoms with Crippen LogP contribution in [0.25, 0.3) is 0 Å². The first-order chi connectivity index (χ1) is 38.0. The number of rotatable bonds is 61. The molecule has 0 radical (unpaired) electrons. The van der Waals surface area contributed by atoms with Crippen LogP contribution in [0.3, 0.4) is 0 Å². The van der Waals surface area contributed by atoms with E-state index in [0.29, 0.717) is 19.3 Å². The molecule has 0 aliphatic rings. The Morgan fingerprint density at radius 3 is 0.831 bits per heavy atom. The number of hydrogen-bond donors (Lipinski definition) is 0. The molecule has 0 amide bonds. The topological polar surface area (TPSA) is 78.9 Å². The van der Waals surface area contributed by atoms with Crippen LogP contribution < -0.4 is 0 Å². The smallest absolute Gasteiger partial charge is 0.306 e. The SMILES string of the molecule is CC/C=C\C/C=C\C/C=C\CCCCCCCCCC(=O)OC(COC(=O)CCCCCCCCC/C=C\C/C=C\CCCCC)COC(=O)CCCCCCCCCCCCCCC/C=C\CCCCCCCCCC. The van der Waals surface area contributed by atoms with E-state index in [4.69, 9.17) is 14.2 Å². The summed E-state index contributed by atoms with van der Waals surface area (Å²) in [5.41, 5.74) is 0. The van der Waals surface area contributed by atoms with Crippen molar-refractivity contribution < 1.29 is 28.6 Å². The van der Waals surface area contributed by atoms with Crippen molar-refractivity contribution in [2.75, 3.05) is 13.2 Å². The van der Waals surface area contributed by atoms with Crippen LogP contribution in [-0.4, -0.2) is 37.2 Å². The van der Waals surface area contributed by atoms with E-state index in [0.717, 1.165) is 96.3 Å². The summed E-state index contributed by atoms with van der Waals surface area (Å²) >= 11 is 0. The zero-order chi connectivity index (χ0) is 55.7. The molecule has 0 bridgehead atoms. The van der Waals surface area contributed by atoms with Crippen molar-refractivity contribution in [3.63, 3.8) is 0 Å². The van der Waals surface area contributed by atoms with Gasteiger partial charge < -0.3 is 14.2 Å². The summed E-state index contributed by atoms with van der Waals surface area (Å²) in [6.07, 6.45) is 84.8. The molecule has 0 N–H and O–H groups in total. The van der Waals surface area contributed by atoms with Crippen molar-refractivity contribution in [2.24, 2.45) is 0 Å². The second-order valence-corrected chi connectivity index (χ2v) is 22.3. The van der Waals surface area contributed by atoms with Crippen LogP contribution in [0.2, 0.25) is 0 Å². The highest BCUT2D eigenvalue weighted by atomic mass is 16.6. The number of carbonyl (C=O) groups is 3. The van der Waals surface area contributed by atoms with E-state index in [1.165, 1.54) is 205 Å². The summed E-state index contributed by atoms with van der Waals surface area (Å²) in [7, 11) is 0. The van der Waals surface area contributed by atoms with Gasteiger partial charge in [0.2, 0.25) is 0 Å². The summed E-state index contributed by atoms with van der Waals surface area (Å²) in [4.78, 5) is 38.4. The molecular formula is C71H126O6. The first kappa shape index (κ1) is 73.8. The molecule has 0 aromatic carbocycles. The molecule has 446 valence electrons. The van der Waals surface area contributed by atoms with Crippen LogP contribution in [0.1, 0.15) is 342 Å². The Hall–Kier alpha value is -3.15. The highest BCUT2D eigenvalue weighted by molar-refractivity contribution is 5.71. The Morgan fingerprint density at radius 1 is 0.273 bits per heavy atom. The quantitative estimate of drug-likeness (QED) is 0.0261. The zero-order valence-corrected chi connectivity index (χ0v) is 51.2. The molecule has 77 heavy (non-hydrogen) atoms. The Balaban J connectivity index is 4.32. The molecule has 0 spiro atoms. The van der Waals surface area contributed by atoms with Gasteiger partial charge in [0, 0.05) is 19.3 Å². The molecular weight excluding hydrogens is 949 g/mol. The van der Waals surface area contributed by atoms with Gasteiger partial charge >= 0.3 is 17.9 Å². The van der Waals surface area contributed by atoms with Gasteiger partial charge in [0.05, 0.1) is 0 Å². The number of allylic oxidation sites excluding steroid dienone is 12. The minimum atomic E-state index is -0.785. The van der Waals surface area contributed by atoms with Crippen molar-refractivity contribution in [2.45, 2.75) is 348 Å². The summed E-state index contributed by atoms with van der Waals surface area (Å²) in [5, 5.41) is 0. The van der Waals surface area contributed by atoms with Crippen molar-refractivity contribution in [3.8, 4) is 0 Å². The number of hydrogen-bond acceptors (Lipinski definition) is 6. The van der Waals surface area contributed by atoms with Crippen molar-refractivity contribution >= 4 is 17.9 Å². The molecule has 0 aromatic heterocycles. The third-order valence-electron chi connectivity index (χ3n) is 14.7. The second-order valence-electron chi connectivity index (χ2n) is 22.3. The van der Waals surface area contributed by atoms with Gasteiger partial charge in [0.15, 0.2) is 6.10 Å². The summed E-state index contributed by atoms with van der Waals surface area (Å²) in [5.74, 6) is -0.882. The van der Waals surface area contributed by atoms with E-state index in [-0.39, 0.29) is 31.1 Å². The minimum absolute atomic E-state index is 0.0802. The predicted molar refractivity (Wildman–Crippen MR) is 335 cm³/mol. The normalized spacial score (nSPS) is 12.5. The van der Waals surface area contributed by atoms with Gasteiger partial charge in [-0.05, 0) is 109 Å². The number of esters is 3. The van der Waals surface area contributed by atoms with Gasteiger partial charge in [-0.2, -0.15) is 0 Å². The minimum Gasteiger partial charge on any atom is -0.462 e.